The van der Waals surface area contributed by atoms with E-state index in [1.54, 1.807) is 0 Å². The second kappa shape index (κ2) is 7.29. The first-order valence-corrected chi connectivity index (χ1v) is 5.63. The number of nitrogens with two attached hydrogens (primary N) is 1. The van der Waals surface area contributed by atoms with Gasteiger partial charge < -0.3 is 11.1 Å². The van der Waals surface area contributed by atoms with Gasteiger partial charge in [0.05, 0.1) is 18.8 Å². The summed E-state index contributed by atoms with van der Waals surface area (Å²) < 4.78 is 25.2. The van der Waals surface area contributed by atoms with Crippen LogP contribution in [0.4, 0.5) is 8.78 Å². The van der Waals surface area contributed by atoms with Gasteiger partial charge in [-0.1, -0.05) is 20.8 Å². The molecule has 3 N–H and O–H groups in total. The van der Waals surface area contributed by atoms with Gasteiger partial charge in [0.1, 0.15) is 0 Å². The minimum atomic E-state index is -3.01. The zero-order chi connectivity index (χ0) is 12.1. The zero-order valence-electron chi connectivity index (χ0n) is 9.68. The Bertz CT molecular complexity index is 222. The first-order chi connectivity index (χ1) is 6.66. The van der Waals surface area contributed by atoms with E-state index in [2.05, 4.69) is 5.32 Å². The molecule has 0 radical (unpaired) electrons. The smallest absolute Gasteiger partial charge is 0.277 e. The molecule has 0 saturated carbocycles. The molecule has 0 aliphatic heterocycles. The highest BCUT2D eigenvalue weighted by Crippen LogP contribution is 2.22. The van der Waals surface area contributed by atoms with Crippen molar-refractivity contribution >= 4 is 30.1 Å². The number of alkyl halides is 2. The number of hydrogen-bond acceptors (Lipinski definition) is 3. The minimum absolute atomic E-state index is 0. The number of thioether (sulfide) groups is 1. The van der Waals surface area contributed by atoms with E-state index in [9.17, 15) is 13.6 Å². The molecule has 0 aliphatic rings. The molecule has 0 aliphatic carbocycles. The van der Waals surface area contributed by atoms with E-state index in [0.29, 0.717) is 0 Å². The molecule has 0 atom stereocenters. The number of rotatable bonds is 5. The van der Waals surface area contributed by atoms with E-state index in [0.717, 1.165) is 0 Å². The maximum atomic E-state index is 12.6. The maximum Gasteiger partial charge on any atom is 0.277 e. The van der Waals surface area contributed by atoms with Gasteiger partial charge in [0.2, 0.25) is 5.91 Å². The van der Waals surface area contributed by atoms with Crippen LogP contribution in [0.15, 0.2) is 0 Å². The number of halogens is 3. The predicted octanol–water partition coefficient (Wildman–Crippen LogP) is 1.65. The second-order valence-electron chi connectivity index (χ2n) is 4.24. The van der Waals surface area contributed by atoms with Crippen LogP contribution in [0.25, 0.3) is 0 Å². The highest BCUT2D eigenvalue weighted by atomic mass is 35.5. The fourth-order valence-electron chi connectivity index (χ4n) is 0.633. The number of hydrogen-bond donors (Lipinski definition) is 2. The van der Waals surface area contributed by atoms with E-state index in [4.69, 9.17) is 5.73 Å². The van der Waals surface area contributed by atoms with Crippen molar-refractivity contribution in [1.29, 1.82) is 0 Å². The maximum absolute atomic E-state index is 12.6. The van der Waals surface area contributed by atoms with Crippen LogP contribution in [0.2, 0.25) is 0 Å². The molecule has 0 rings (SSSR count). The Morgan fingerprint density at radius 2 is 1.88 bits per heavy atom. The molecule has 1 amide bonds. The van der Waals surface area contributed by atoms with Gasteiger partial charge in [-0.05, 0) is 0 Å². The fraction of sp³-hybridized carbons (Fsp3) is 0.889. The summed E-state index contributed by atoms with van der Waals surface area (Å²) >= 11 is 1.41. The van der Waals surface area contributed by atoms with E-state index < -0.39 is 19.0 Å². The quantitative estimate of drug-likeness (QED) is 0.803. The summed E-state index contributed by atoms with van der Waals surface area (Å²) in [6.45, 7) is 4.44. The molecule has 0 spiro atoms. The molecule has 0 saturated heterocycles. The van der Waals surface area contributed by atoms with Crippen molar-refractivity contribution in [3.05, 3.63) is 0 Å². The molecule has 0 unspecified atom stereocenters. The largest absolute Gasteiger partial charge is 0.349 e. The predicted molar refractivity (Wildman–Crippen MR) is 66.5 cm³/mol. The summed E-state index contributed by atoms with van der Waals surface area (Å²) in [6.07, 6.45) is 0. The standard InChI is InChI=1S/C9H18F2N2OS.ClH/c1-8(2,3)15-4-7(14)13-6-9(10,11)5-12;/h4-6,12H2,1-3H3,(H,13,14);1H. The topological polar surface area (TPSA) is 55.1 Å². The van der Waals surface area contributed by atoms with Gasteiger partial charge in [-0.2, -0.15) is 0 Å². The Morgan fingerprint density at radius 3 is 2.25 bits per heavy atom. The molecular weight excluding hydrogens is 258 g/mol. The van der Waals surface area contributed by atoms with Crippen molar-refractivity contribution < 1.29 is 13.6 Å². The van der Waals surface area contributed by atoms with Crippen molar-refractivity contribution in [2.75, 3.05) is 18.8 Å². The van der Waals surface area contributed by atoms with Gasteiger partial charge in [-0.25, -0.2) is 8.78 Å². The van der Waals surface area contributed by atoms with Crippen molar-refractivity contribution in [3.8, 4) is 0 Å². The van der Waals surface area contributed by atoms with E-state index in [-0.39, 0.29) is 28.8 Å². The third-order valence-electron chi connectivity index (χ3n) is 1.48. The van der Waals surface area contributed by atoms with Crippen molar-refractivity contribution in [2.45, 2.75) is 31.4 Å². The number of carbonyl (C=O) groups excluding carboxylic acids is 1. The zero-order valence-corrected chi connectivity index (χ0v) is 11.3. The average Bonchev–Trinajstić information content (AvgIpc) is 2.10. The summed E-state index contributed by atoms with van der Waals surface area (Å²) in [5, 5.41) is 2.16. The second-order valence-corrected chi connectivity index (χ2v) is 6.04. The summed E-state index contributed by atoms with van der Waals surface area (Å²) in [5.74, 6) is -3.21. The summed E-state index contributed by atoms with van der Waals surface area (Å²) in [6, 6.07) is 0. The van der Waals surface area contributed by atoms with Gasteiger partial charge in [-0.15, -0.1) is 24.2 Å². The summed E-state index contributed by atoms with van der Waals surface area (Å²) in [5.41, 5.74) is 4.83. The van der Waals surface area contributed by atoms with Crippen LogP contribution in [0.5, 0.6) is 0 Å². The number of nitrogens with one attached hydrogen (secondary N) is 1. The monoisotopic (exact) mass is 276 g/mol. The van der Waals surface area contributed by atoms with Crippen LogP contribution < -0.4 is 11.1 Å². The van der Waals surface area contributed by atoms with Crippen LogP contribution in [0.1, 0.15) is 20.8 Å². The summed E-state index contributed by atoms with van der Waals surface area (Å²) in [4.78, 5) is 11.1. The van der Waals surface area contributed by atoms with Gasteiger partial charge in [-0.3, -0.25) is 4.79 Å². The van der Waals surface area contributed by atoms with Gasteiger partial charge in [0.25, 0.3) is 5.92 Å². The minimum Gasteiger partial charge on any atom is -0.349 e. The van der Waals surface area contributed by atoms with Crippen molar-refractivity contribution in [1.82, 2.24) is 5.32 Å². The van der Waals surface area contributed by atoms with Crippen LogP contribution >= 0.6 is 24.2 Å². The van der Waals surface area contributed by atoms with Crippen molar-refractivity contribution in [3.63, 3.8) is 0 Å². The van der Waals surface area contributed by atoms with Gasteiger partial charge in [0, 0.05) is 4.75 Å². The lowest BCUT2D eigenvalue weighted by atomic mass is 10.3. The van der Waals surface area contributed by atoms with Gasteiger partial charge >= 0.3 is 0 Å². The first-order valence-electron chi connectivity index (χ1n) is 4.65. The normalized spacial score (nSPS) is 11.9. The molecule has 0 fully saturated rings. The SMILES string of the molecule is CC(C)(C)SCC(=O)NCC(F)(F)CN.Cl. The molecule has 0 aromatic heterocycles. The number of amides is 1. The lowest BCUT2D eigenvalue weighted by molar-refractivity contribution is -0.120. The Kier molecular flexibility index (Phi) is 8.34. The third kappa shape index (κ3) is 10.4. The van der Waals surface area contributed by atoms with E-state index in [1.807, 2.05) is 20.8 Å². The molecule has 3 nitrogen and oxygen atoms in total. The van der Waals surface area contributed by atoms with E-state index in [1.165, 1.54) is 11.8 Å². The number of carbonyl (C=O) groups is 1. The van der Waals surface area contributed by atoms with Crippen LogP contribution in [0.3, 0.4) is 0 Å². The Labute approximate surface area is 105 Å². The highest BCUT2D eigenvalue weighted by molar-refractivity contribution is 8.01. The molecule has 16 heavy (non-hydrogen) atoms. The third-order valence-corrected chi connectivity index (χ3v) is 2.75. The molecule has 0 aromatic rings. The molecule has 0 aromatic carbocycles. The molecule has 0 heterocycles. The Balaban J connectivity index is 0. The molecular formula is C9H19ClF2N2OS. The Hall–Kier alpha value is -0.0700. The average molecular weight is 277 g/mol. The first kappa shape index (κ1) is 18.3. The molecule has 98 valence electrons. The fourth-order valence-corrected chi connectivity index (χ4v) is 1.30. The van der Waals surface area contributed by atoms with E-state index >= 15 is 0 Å². The van der Waals surface area contributed by atoms with Crippen LogP contribution in [0, 0.1) is 0 Å². The highest BCUT2D eigenvalue weighted by Gasteiger charge is 2.27. The Morgan fingerprint density at radius 1 is 1.38 bits per heavy atom. The van der Waals surface area contributed by atoms with Gasteiger partial charge in [0.15, 0.2) is 0 Å². The lowest BCUT2D eigenvalue weighted by Crippen LogP contribution is -2.42. The molecule has 0 bridgehead atoms. The molecule has 7 heteroatoms. The van der Waals surface area contributed by atoms with Crippen LogP contribution in [-0.2, 0) is 4.79 Å². The lowest BCUT2D eigenvalue weighted by Gasteiger charge is -2.18. The van der Waals surface area contributed by atoms with Crippen LogP contribution in [-0.4, -0.2) is 35.4 Å². The van der Waals surface area contributed by atoms with Crippen molar-refractivity contribution in [2.24, 2.45) is 5.73 Å². The summed E-state index contributed by atoms with van der Waals surface area (Å²) in [7, 11) is 0.